The normalized spacial score (nSPS) is 13.6. The summed E-state index contributed by atoms with van der Waals surface area (Å²) in [4.78, 5) is 29.9. The van der Waals surface area contributed by atoms with Crippen molar-refractivity contribution in [3.8, 4) is 0 Å². The minimum Gasteiger partial charge on any atom is -0.367 e. The number of halogens is 1. The molecule has 6 nitrogen and oxygen atoms in total. The van der Waals surface area contributed by atoms with Gasteiger partial charge in [0.15, 0.2) is 5.11 Å². The summed E-state index contributed by atoms with van der Waals surface area (Å²) in [5, 5.41) is 8.43. The quantitative estimate of drug-likeness (QED) is 0.423. The van der Waals surface area contributed by atoms with Gasteiger partial charge in [-0.3, -0.25) is 14.9 Å². The smallest absolute Gasteiger partial charge is 0.264 e. The van der Waals surface area contributed by atoms with E-state index in [1.165, 1.54) is 16.9 Å². The molecule has 0 bridgehead atoms. The molecule has 1 aromatic heterocycles. The van der Waals surface area contributed by atoms with Gasteiger partial charge in [-0.25, -0.2) is 0 Å². The second kappa shape index (κ2) is 11.2. The Morgan fingerprint density at radius 1 is 1.03 bits per heavy atom. The van der Waals surface area contributed by atoms with Gasteiger partial charge in [-0.15, -0.1) is 11.3 Å². The summed E-state index contributed by atoms with van der Waals surface area (Å²) in [7, 11) is 0. The maximum Gasteiger partial charge on any atom is 0.264 e. The van der Waals surface area contributed by atoms with Crippen LogP contribution in [0.1, 0.15) is 45.4 Å². The molecule has 3 aromatic rings. The van der Waals surface area contributed by atoms with Gasteiger partial charge in [0.1, 0.15) is 0 Å². The molecule has 1 fully saturated rings. The van der Waals surface area contributed by atoms with Crippen LogP contribution in [0.15, 0.2) is 60.0 Å². The summed E-state index contributed by atoms with van der Waals surface area (Å²) in [5.74, 6) is 0.215. The number of carbonyl (C=O) groups is 2. The average Bonchev–Trinajstić information content (AvgIpc) is 3.39. The van der Waals surface area contributed by atoms with E-state index in [-0.39, 0.29) is 16.9 Å². The molecule has 1 saturated heterocycles. The van der Waals surface area contributed by atoms with Crippen molar-refractivity contribution >= 4 is 63.5 Å². The number of nitrogens with zero attached hydrogens (tertiary/aromatic N) is 2. The second-order valence-corrected chi connectivity index (χ2v) is 10.4. The van der Waals surface area contributed by atoms with Gasteiger partial charge in [-0.2, -0.15) is 0 Å². The van der Waals surface area contributed by atoms with Gasteiger partial charge in [0, 0.05) is 37.4 Å². The Balaban J connectivity index is 1.31. The molecule has 1 aliphatic rings. The van der Waals surface area contributed by atoms with E-state index in [4.69, 9.17) is 23.8 Å². The van der Waals surface area contributed by atoms with Crippen molar-refractivity contribution in [2.24, 2.45) is 0 Å². The first-order valence-corrected chi connectivity index (χ1v) is 13.1. The molecule has 0 saturated carbocycles. The Kier molecular flexibility index (Phi) is 8.05. The molecule has 35 heavy (non-hydrogen) atoms. The Bertz CT molecular complexity index is 1200. The van der Waals surface area contributed by atoms with Crippen molar-refractivity contribution in [2.75, 3.05) is 36.4 Å². The molecule has 4 rings (SSSR count). The lowest BCUT2D eigenvalue weighted by Crippen LogP contribution is -2.48. The fourth-order valence-corrected chi connectivity index (χ4v) is 5.11. The number of nitrogens with one attached hydrogen (secondary N) is 2. The third-order valence-corrected chi connectivity index (χ3v) is 7.28. The van der Waals surface area contributed by atoms with E-state index in [0.29, 0.717) is 48.4 Å². The fraction of sp³-hybridized carbons (Fsp3) is 0.269. The molecule has 0 atom stereocenters. The lowest BCUT2D eigenvalue weighted by molar-refractivity contribution is 0.0751. The molecule has 0 unspecified atom stereocenters. The summed E-state index contributed by atoms with van der Waals surface area (Å²) >= 11 is 13.4. The van der Waals surface area contributed by atoms with Gasteiger partial charge in [-0.05, 0) is 65.5 Å². The highest BCUT2D eigenvalue weighted by atomic mass is 35.5. The zero-order valence-electron chi connectivity index (χ0n) is 19.6. The Labute approximate surface area is 219 Å². The van der Waals surface area contributed by atoms with E-state index in [9.17, 15) is 9.59 Å². The number of hydrogen-bond donors (Lipinski definition) is 2. The monoisotopic (exact) mass is 526 g/mol. The Morgan fingerprint density at radius 3 is 2.34 bits per heavy atom. The zero-order valence-corrected chi connectivity index (χ0v) is 22.0. The molecular weight excluding hydrogens is 500 g/mol. The van der Waals surface area contributed by atoms with Crippen LogP contribution in [0.4, 0.5) is 11.4 Å². The van der Waals surface area contributed by atoms with Gasteiger partial charge in [-0.1, -0.05) is 43.6 Å². The van der Waals surface area contributed by atoms with Gasteiger partial charge < -0.3 is 15.1 Å². The van der Waals surface area contributed by atoms with E-state index in [1.807, 2.05) is 46.7 Å². The molecule has 2 heterocycles. The van der Waals surface area contributed by atoms with Gasteiger partial charge in [0.25, 0.3) is 11.8 Å². The van der Waals surface area contributed by atoms with Crippen LogP contribution in [-0.2, 0) is 0 Å². The van der Waals surface area contributed by atoms with Crippen LogP contribution >= 0.6 is 35.2 Å². The lowest BCUT2D eigenvalue weighted by Gasteiger charge is -2.36. The highest BCUT2D eigenvalue weighted by Gasteiger charge is 2.24. The first-order chi connectivity index (χ1) is 16.8. The average molecular weight is 527 g/mol. The summed E-state index contributed by atoms with van der Waals surface area (Å²) in [6.07, 6.45) is 0. The van der Waals surface area contributed by atoms with Crippen LogP contribution in [0, 0.1) is 0 Å². The third kappa shape index (κ3) is 6.20. The maximum atomic E-state index is 12.6. The minimum atomic E-state index is -0.268. The SMILES string of the molecule is CC(C)c1ccc(C(=O)NC(=S)Nc2ccc(N3CCN(C(=O)c4cccs4)CC3)c(Cl)c2)cc1. The maximum absolute atomic E-state index is 12.6. The molecule has 0 spiro atoms. The van der Waals surface area contributed by atoms with Crippen molar-refractivity contribution in [1.82, 2.24) is 10.2 Å². The van der Waals surface area contributed by atoms with Crippen molar-refractivity contribution in [2.45, 2.75) is 19.8 Å². The van der Waals surface area contributed by atoms with Crippen LogP contribution in [-0.4, -0.2) is 48.0 Å². The summed E-state index contributed by atoms with van der Waals surface area (Å²) < 4.78 is 0. The van der Waals surface area contributed by atoms with Crippen LogP contribution in [0.5, 0.6) is 0 Å². The number of anilines is 2. The summed E-state index contributed by atoms with van der Waals surface area (Å²) in [6.45, 7) is 6.90. The molecule has 2 N–H and O–H groups in total. The standard InChI is InChI=1S/C26H27ClN4O2S2/c1-17(2)18-5-7-19(8-6-18)24(32)29-26(34)28-20-9-10-22(21(27)16-20)30-11-13-31(14-12-30)25(33)23-4-3-15-35-23/h3-10,15-17H,11-14H2,1-2H3,(H2,28,29,32,34). The van der Waals surface area contributed by atoms with Gasteiger partial charge >= 0.3 is 0 Å². The van der Waals surface area contributed by atoms with E-state index in [1.54, 1.807) is 18.2 Å². The number of hydrogen-bond acceptors (Lipinski definition) is 5. The molecule has 2 amide bonds. The van der Waals surface area contributed by atoms with Crippen molar-refractivity contribution in [3.05, 3.63) is 81.0 Å². The minimum absolute atomic E-state index is 0.0803. The molecule has 182 valence electrons. The predicted octanol–water partition coefficient (Wildman–Crippen LogP) is 5.61. The fourth-order valence-electron chi connectivity index (χ4n) is 3.90. The Morgan fingerprint density at radius 2 is 1.74 bits per heavy atom. The highest BCUT2D eigenvalue weighted by molar-refractivity contribution is 7.80. The number of rotatable bonds is 5. The van der Waals surface area contributed by atoms with E-state index in [0.717, 1.165) is 10.6 Å². The van der Waals surface area contributed by atoms with Crippen molar-refractivity contribution in [1.29, 1.82) is 0 Å². The number of carbonyl (C=O) groups excluding carboxylic acids is 2. The van der Waals surface area contributed by atoms with Gasteiger partial charge in [0.2, 0.25) is 0 Å². The number of amides is 2. The first kappa shape index (κ1) is 25.2. The van der Waals surface area contributed by atoms with Crippen molar-refractivity contribution < 1.29 is 9.59 Å². The third-order valence-electron chi connectivity index (χ3n) is 5.91. The van der Waals surface area contributed by atoms with Crippen molar-refractivity contribution in [3.63, 3.8) is 0 Å². The molecule has 1 aliphatic heterocycles. The number of benzene rings is 2. The van der Waals surface area contributed by atoms with Crippen LogP contribution in [0.2, 0.25) is 5.02 Å². The predicted molar refractivity (Wildman–Crippen MR) is 148 cm³/mol. The molecule has 9 heteroatoms. The zero-order chi connectivity index (χ0) is 24.9. The van der Waals surface area contributed by atoms with Crippen LogP contribution in [0.25, 0.3) is 0 Å². The lowest BCUT2D eigenvalue weighted by atomic mass is 10.0. The van der Waals surface area contributed by atoms with E-state index >= 15 is 0 Å². The number of thiophene rings is 1. The highest BCUT2D eigenvalue weighted by Crippen LogP contribution is 2.30. The molecule has 0 radical (unpaired) electrons. The Hall–Kier alpha value is -2.94. The van der Waals surface area contributed by atoms with E-state index < -0.39 is 0 Å². The number of thiocarbonyl (C=S) groups is 1. The van der Waals surface area contributed by atoms with Crippen LogP contribution < -0.4 is 15.5 Å². The summed E-state index contributed by atoms with van der Waals surface area (Å²) in [5.41, 5.74) is 3.31. The van der Waals surface area contributed by atoms with Crippen LogP contribution in [0.3, 0.4) is 0 Å². The molecule has 2 aromatic carbocycles. The molecule has 0 aliphatic carbocycles. The number of piperazine rings is 1. The second-order valence-electron chi connectivity index (χ2n) is 8.61. The van der Waals surface area contributed by atoms with Gasteiger partial charge in [0.05, 0.1) is 15.6 Å². The summed E-state index contributed by atoms with van der Waals surface area (Å²) in [6, 6.07) is 16.8. The first-order valence-electron chi connectivity index (χ1n) is 11.4. The molecular formula is C26H27ClN4O2S2. The van der Waals surface area contributed by atoms with E-state index in [2.05, 4.69) is 29.4 Å². The topological polar surface area (TPSA) is 64.7 Å². The largest absolute Gasteiger partial charge is 0.367 e.